The first kappa shape index (κ1) is 28.5. The number of H-pyrrole nitrogens is 1. The van der Waals surface area contributed by atoms with Crippen molar-refractivity contribution >= 4 is 22.8 Å². The second kappa shape index (κ2) is 15.1. The number of nitrogens with zero attached hydrogens (tertiary/aromatic N) is 1. The molecule has 0 fully saturated rings. The molecule has 1 N–H and O–H groups in total. The number of fused-ring (bicyclic) bond motifs is 1. The molecule has 0 saturated carbocycles. The Hall–Kier alpha value is -4.55. The number of ether oxygens (including phenoxy) is 4. The van der Waals surface area contributed by atoms with Crippen molar-refractivity contribution in [3.8, 4) is 22.9 Å². The lowest BCUT2D eigenvalue weighted by molar-refractivity contribution is 0.0140. The van der Waals surface area contributed by atoms with Crippen LogP contribution in [0.2, 0.25) is 0 Å². The van der Waals surface area contributed by atoms with Gasteiger partial charge in [0.05, 0.1) is 44.7 Å². The number of carbonyl (C=O) groups is 1. The quantitative estimate of drug-likeness (QED) is 0.128. The summed E-state index contributed by atoms with van der Waals surface area (Å²) in [7, 11) is 0. The van der Waals surface area contributed by atoms with Crippen LogP contribution < -0.4 is 10.3 Å². The van der Waals surface area contributed by atoms with Crippen LogP contribution >= 0.6 is 0 Å². The monoisotopic (exact) mass is 538 g/mol. The molecule has 0 amide bonds. The van der Waals surface area contributed by atoms with Gasteiger partial charge in [0.15, 0.2) is 5.78 Å². The number of nitrogens with one attached hydrogen (secondary N) is 1. The summed E-state index contributed by atoms with van der Waals surface area (Å²) < 4.78 is 21.5. The van der Waals surface area contributed by atoms with Crippen molar-refractivity contribution in [1.82, 2.24) is 4.98 Å². The Morgan fingerprint density at radius 1 is 0.800 bits per heavy atom. The van der Waals surface area contributed by atoms with E-state index in [4.69, 9.17) is 24.2 Å². The van der Waals surface area contributed by atoms with Gasteiger partial charge in [0.1, 0.15) is 19.0 Å². The van der Waals surface area contributed by atoms with Gasteiger partial charge in [0, 0.05) is 16.5 Å². The number of aromatic amines is 1. The molecule has 1 heterocycles. The predicted octanol–water partition coefficient (Wildman–Crippen LogP) is 5.04. The largest absolute Gasteiger partial charge is 0.491 e. The number of aromatic nitrogens is 1. The summed E-state index contributed by atoms with van der Waals surface area (Å²) in [5, 5.41) is 9.18. The molecular weight excluding hydrogens is 508 g/mol. The number of ketones is 1. The van der Waals surface area contributed by atoms with Crippen LogP contribution in [0.15, 0.2) is 89.7 Å². The lowest BCUT2D eigenvalue weighted by Gasteiger charge is -2.11. The SMILES string of the molecule is N#CCOCCOCCOCCOc1ccc(/C=C/C(=O)c2c(-c3ccccc3)c3ccccc3[nH]c2=O)cc1. The van der Waals surface area contributed by atoms with Gasteiger partial charge in [-0.3, -0.25) is 9.59 Å². The highest BCUT2D eigenvalue weighted by atomic mass is 16.6. The van der Waals surface area contributed by atoms with Gasteiger partial charge in [-0.15, -0.1) is 0 Å². The number of pyridine rings is 1. The van der Waals surface area contributed by atoms with Crippen LogP contribution in [0, 0.1) is 11.3 Å². The average molecular weight is 539 g/mol. The molecule has 40 heavy (non-hydrogen) atoms. The second-order valence-corrected chi connectivity index (χ2v) is 8.67. The molecule has 204 valence electrons. The Kier molecular flexibility index (Phi) is 10.8. The predicted molar refractivity (Wildman–Crippen MR) is 153 cm³/mol. The standard InChI is InChI=1S/C32H30N2O6/c33-16-17-37-18-19-38-20-21-39-22-23-40-26-13-10-24(11-14-26)12-15-29(35)31-30(25-6-2-1-3-7-25)27-8-4-5-9-28(27)34-32(31)36/h1-15H,17-23H2,(H,34,36)/b15-12+. The number of para-hydroxylation sites is 1. The normalized spacial score (nSPS) is 11.1. The van der Waals surface area contributed by atoms with E-state index >= 15 is 0 Å². The molecular formula is C32H30N2O6. The van der Waals surface area contributed by atoms with Crippen LogP contribution in [-0.2, 0) is 14.2 Å². The van der Waals surface area contributed by atoms with Crippen molar-refractivity contribution in [2.24, 2.45) is 0 Å². The van der Waals surface area contributed by atoms with Crippen LogP contribution in [0.5, 0.6) is 5.75 Å². The van der Waals surface area contributed by atoms with Gasteiger partial charge in [-0.1, -0.05) is 66.7 Å². The number of benzene rings is 3. The summed E-state index contributed by atoms with van der Waals surface area (Å²) in [6, 6.07) is 26.1. The Labute approximate surface area is 232 Å². The Morgan fingerprint density at radius 3 is 2.17 bits per heavy atom. The van der Waals surface area contributed by atoms with E-state index in [-0.39, 0.29) is 18.0 Å². The van der Waals surface area contributed by atoms with E-state index in [0.29, 0.717) is 56.5 Å². The molecule has 0 unspecified atom stereocenters. The van der Waals surface area contributed by atoms with Gasteiger partial charge in [-0.05, 0) is 35.4 Å². The molecule has 8 heteroatoms. The number of hydrogen-bond donors (Lipinski definition) is 1. The summed E-state index contributed by atoms with van der Waals surface area (Å²) in [6.07, 6.45) is 3.11. The molecule has 4 rings (SSSR count). The zero-order valence-electron chi connectivity index (χ0n) is 22.0. The van der Waals surface area contributed by atoms with Gasteiger partial charge in [0.2, 0.25) is 0 Å². The molecule has 0 bridgehead atoms. The van der Waals surface area contributed by atoms with Crippen molar-refractivity contribution in [2.45, 2.75) is 0 Å². The van der Waals surface area contributed by atoms with Gasteiger partial charge >= 0.3 is 0 Å². The maximum absolute atomic E-state index is 13.3. The number of rotatable bonds is 15. The molecule has 1 aromatic heterocycles. The molecule has 0 aliphatic rings. The first-order valence-corrected chi connectivity index (χ1v) is 12.9. The molecule has 0 spiro atoms. The summed E-state index contributed by atoms with van der Waals surface area (Å²) in [5.74, 6) is 0.303. The molecule has 3 aromatic carbocycles. The smallest absolute Gasteiger partial charge is 0.260 e. The van der Waals surface area contributed by atoms with E-state index < -0.39 is 5.56 Å². The van der Waals surface area contributed by atoms with E-state index in [1.54, 1.807) is 6.08 Å². The van der Waals surface area contributed by atoms with E-state index in [1.165, 1.54) is 6.08 Å². The van der Waals surface area contributed by atoms with E-state index in [1.807, 2.05) is 84.9 Å². The molecule has 0 aliphatic carbocycles. The number of hydrogen-bond acceptors (Lipinski definition) is 7. The van der Waals surface area contributed by atoms with Gasteiger partial charge in [-0.2, -0.15) is 5.26 Å². The Balaban J connectivity index is 1.32. The van der Waals surface area contributed by atoms with Crippen LogP contribution in [-0.4, -0.2) is 57.0 Å². The lowest BCUT2D eigenvalue weighted by Crippen LogP contribution is -2.18. The van der Waals surface area contributed by atoms with Crippen molar-refractivity contribution in [3.05, 3.63) is 106 Å². The van der Waals surface area contributed by atoms with Gasteiger partial charge in [0.25, 0.3) is 5.56 Å². The van der Waals surface area contributed by atoms with Crippen LogP contribution in [0.3, 0.4) is 0 Å². The highest BCUT2D eigenvalue weighted by Gasteiger charge is 2.18. The van der Waals surface area contributed by atoms with Crippen LogP contribution in [0.4, 0.5) is 0 Å². The fourth-order valence-electron chi connectivity index (χ4n) is 4.09. The fourth-order valence-corrected chi connectivity index (χ4v) is 4.09. The lowest BCUT2D eigenvalue weighted by atomic mass is 9.94. The van der Waals surface area contributed by atoms with Crippen LogP contribution in [0.1, 0.15) is 15.9 Å². The molecule has 0 aliphatic heterocycles. The third-order valence-corrected chi connectivity index (χ3v) is 5.94. The number of nitriles is 1. The zero-order valence-corrected chi connectivity index (χ0v) is 22.0. The van der Waals surface area contributed by atoms with Gasteiger partial charge in [-0.25, -0.2) is 0 Å². The molecule has 0 atom stereocenters. The van der Waals surface area contributed by atoms with Crippen LogP contribution in [0.25, 0.3) is 28.1 Å². The summed E-state index contributed by atoms with van der Waals surface area (Å²) >= 11 is 0. The minimum absolute atomic E-state index is 0.0641. The Bertz CT molecular complexity index is 1520. The fraction of sp³-hybridized carbons (Fsp3) is 0.219. The highest BCUT2D eigenvalue weighted by molar-refractivity contribution is 6.15. The maximum atomic E-state index is 13.3. The van der Waals surface area contributed by atoms with E-state index in [2.05, 4.69) is 4.98 Å². The zero-order chi connectivity index (χ0) is 28.0. The molecule has 0 saturated heterocycles. The van der Waals surface area contributed by atoms with Crippen molar-refractivity contribution < 1.29 is 23.7 Å². The first-order valence-electron chi connectivity index (χ1n) is 12.9. The summed E-state index contributed by atoms with van der Waals surface area (Å²) in [4.78, 5) is 29.2. The van der Waals surface area contributed by atoms with Crippen molar-refractivity contribution in [1.29, 1.82) is 5.26 Å². The third-order valence-electron chi connectivity index (χ3n) is 5.94. The van der Waals surface area contributed by atoms with E-state index in [9.17, 15) is 9.59 Å². The topological polar surface area (TPSA) is 111 Å². The minimum atomic E-state index is -0.422. The molecule has 8 nitrogen and oxygen atoms in total. The Morgan fingerprint density at radius 2 is 1.45 bits per heavy atom. The third kappa shape index (κ3) is 7.98. The summed E-state index contributed by atoms with van der Waals surface area (Å²) in [5.41, 5.74) is 2.59. The highest BCUT2D eigenvalue weighted by Crippen LogP contribution is 2.30. The number of carbonyl (C=O) groups excluding carboxylic acids is 1. The second-order valence-electron chi connectivity index (χ2n) is 8.67. The van der Waals surface area contributed by atoms with Crippen molar-refractivity contribution in [3.63, 3.8) is 0 Å². The summed E-state index contributed by atoms with van der Waals surface area (Å²) in [6.45, 7) is 2.53. The average Bonchev–Trinajstić information content (AvgIpc) is 2.99. The molecule has 4 aromatic rings. The maximum Gasteiger partial charge on any atom is 0.260 e. The minimum Gasteiger partial charge on any atom is -0.491 e. The van der Waals surface area contributed by atoms with Crippen molar-refractivity contribution in [2.75, 3.05) is 46.2 Å². The van der Waals surface area contributed by atoms with Gasteiger partial charge < -0.3 is 23.9 Å². The number of allylic oxidation sites excluding steroid dienone is 1. The molecule has 0 radical (unpaired) electrons. The van der Waals surface area contributed by atoms with E-state index in [0.717, 1.165) is 16.5 Å². The first-order chi connectivity index (χ1) is 19.7.